The van der Waals surface area contributed by atoms with E-state index in [1.165, 1.54) is 6.92 Å². The van der Waals surface area contributed by atoms with E-state index >= 15 is 0 Å². The maximum atomic E-state index is 12.5. The van der Waals surface area contributed by atoms with Crippen LogP contribution in [0.25, 0.3) is 11.1 Å². The second-order valence-electron chi connectivity index (χ2n) is 13.4. The molecule has 2 aliphatic rings. The number of nitrogens with zero attached hydrogens (tertiary/aromatic N) is 1. The molecule has 0 aromatic heterocycles. The van der Waals surface area contributed by atoms with Crippen LogP contribution in [-0.4, -0.2) is 58.8 Å². The number of amides is 1. The number of carbonyl (C=O) groups is 2. The van der Waals surface area contributed by atoms with Crippen molar-refractivity contribution in [2.45, 2.75) is 76.5 Å². The topological polar surface area (TPSA) is 118 Å². The molecule has 2 saturated heterocycles. The Bertz CT molecular complexity index is 1770. The number of hydrogen-bond donors (Lipinski definition) is 3. The Hall–Kier alpha value is -4.09. The first-order valence-electron chi connectivity index (χ1n) is 17.4. The number of aliphatic hydroxyl groups is 2. The van der Waals surface area contributed by atoms with Gasteiger partial charge in [-0.15, -0.1) is 0 Å². The van der Waals surface area contributed by atoms with Gasteiger partial charge in [0.2, 0.25) is 0 Å². The van der Waals surface area contributed by atoms with Gasteiger partial charge in [0.1, 0.15) is 0 Å². The maximum absolute atomic E-state index is 12.5. The summed E-state index contributed by atoms with van der Waals surface area (Å²) >= 11 is 6.09. The molecule has 51 heavy (non-hydrogen) atoms. The quantitative estimate of drug-likeness (QED) is 0.149. The van der Waals surface area contributed by atoms with Crippen LogP contribution in [0.1, 0.15) is 73.3 Å². The fourth-order valence-corrected chi connectivity index (χ4v) is 7.01. The molecule has 0 bridgehead atoms. The lowest BCUT2D eigenvalue weighted by Crippen LogP contribution is -2.46. The molecular formula is C41H45ClN2O7. The first-order valence-corrected chi connectivity index (χ1v) is 17.8. The molecule has 4 aromatic carbocycles. The van der Waals surface area contributed by atoms with Crippen molar-refractivity contribution in [3.63, 3.8) is 0 Å². The fourth-order valence-electron chi connectivity index (χ4n) is 6.88. The number of carbonyl (C=O) groups excluding carboxylic acids is 2. The van der Waals surface area contributed by atoms with Gasteiger partial charge in [0.05, 0.1) is 24.4 Å². The van der Waals surface area contributed by atoms with Crippen molar-refractivity contribution in [1.82, 2.24) is 10.2 Å². The average molecular weight is 713 g/mol. The fraction of sp³-hybridized carbons (Fsp3) is 0.366. The van der Waals surface area contributed by atoms with Gasteiger partial charge in [-0.05, 0) is 65.3 Å². The Labute approximate surface area is 304 Å². The Kier molecular flexibility index (Phi) is 11.9. The van der Waals surface area contributed by atoms with Gasteiger partial charge < -0.3 is 34.6 Å². The van der Waals surface area contributed by atoms with E-state index in [1.54, 1.807) is 6.92 Å². The highest BCUT2D eigenvalue weighted by Crippen LogP contribution is 2.40. The molecule has 4 aromatic rings. The van der Waals surface area contributed by atoms with E-state index in [4.69, 9.17) is 25.8 Å². The van der Waals surface area contributed by atoms with Crippen LogP contribution < -0.4 is 5.32 Å². The van der Waals surface area contributed by atoms with Crippen molar-refractivity contribution < 1.29 is 34.0 Å². The van der Waals surface area contributed by atoms with Gasteiger partial charge in [0.15, 0.2) is 12.4 Å². The SMILES string of the molecule is CC(=O)O[C@@H](C)C(=O)NCc1ccccc1-c1ccc([C@H]2O[C@@H](CN3CCC(O)(c4ccc(Cl)cc4)CC3)C[C@@H](c3ccc(CO)cc3)O2)cc1. The summed E-state index contributed by atoms with van der Waals surface area (Å²) in [4.78, 5) is 26.1. The normalized spacial score (nSPS) is 21.1. The number of benzene rings is 4. The molecule has 0 aliphatic carbocycles. The van der Waals surface area contributed by atoms with Gasteiger partial charge >= 0.3 is 5.97 Å². The number of likely N-dealkylation sites (tertiary alicyclic amines) is 1. The molecule has 4 atom stereocenters. The predicted octanol–water partition coefficient (Wildman–Crippen LogP) is 6.60. The highest BCUT2D eigenvalue weighted by molar-refractivity contribution is 6.30. The van der Waals surface area contributed by atoms with Crippen molar-refractivity contribution in [2.75, 3.05) is 19.6 Å². The van der Waals surface area contributed by atoms with E-state index in [2.05, 4.69) is 10.2 Å². The van der Waals surface area contributed by atoms with E-state index < -0.39 is 24.0 Å². The molecular weight excluding hydrogens is 668 g/mol. The van der Waals surface area contributed by atoms with E-state index in [0.29, 0.717) is 30.8 Å². The van der Waals surface area contributed by atoms with Crippen LogP contribution in [0.3, 0.4) is 0 Å². The lowest BCUT2D eigenvalue weighted by atomic mass is 9.84. The highest BCUT2D eigenvalue weighted by Gasteiger charge is 2.37. The zero-order valence-electron chi connectivity index (χ0n) is 29.0. The Morgan fingerprint density at radius 3 is 2.27 bits per heavy atom. The average Bonchev–Trinajstić information content (AvgIpc) is 3.15. The van der Waals surface area contributed by atoms with Crippen molar-refractivity contribution in [2.24, 2.45) is 0 Å². The van der Waals surface area contributed by atoms with Crippen LogP contribution >= 0.6 is 11.6 Å². The summed E-state index contributed by atoms with van der Waals surface area (Å²) in [6.07, 6.45) is 0.0870. The van der Waals surface area contributed by atoms with E-state index in [9.17, 15) is 19.8 Å². The van der Waals surface area contributed by atoms with Crippen molar-refractivity contribution in [3.05, 3.63) is 130 Å². The number of aliphatic hydroxyl groups excluding tert-OH is 1. The molecule has 0 radical (unpaired) electrons. The van der Waals surface area contributed by atoms with Crippen LogP contribution in [-0.2, 0) is 42.6 Å². The third kappa shape index (κ3) is 9.23. The first-order chi connectivity index (χ1) is 24.6. The van der Waals surface area contributed by atoms with Gasteiger partial charge in [0.25, 0.3) is 5.91 Å². The number of esters is 1. The van der Waals surface area contributed by atoms with Crippen LogP contribution in [0.2, 0.25) is 5.02 Å². The van der Waals surface area contributed by atoms with Gasteiger partial charge in [0, 0.05) is 50.1 Å². The minimum Gasteiger partial charge on any atom is -0.453 e. The molecule has 0 spiro atoms. The molecule has 1 amide bonds. The Morgan fingerprint density at radius 2 is 1.61 bits per heavy atom. The van der Waals surface area contributed by atoms with Crippen molar-refractivity contribution in [1.29, 1.82) is 0 Å². The summed E-state index contributed by atoms with van der Waals surface area (Å²) < 4.78 is 18.2. The standard InChI is InChI=1S/C41H45ClN2O7/c1-27(49-28(2)46)39(47)43-24-33-5-3-4-6-37(33)30-11-13-32(14-12-30)40-50-36(23-38(51-40)31-9-7-29(26-45)8-10-31)25-44-21-19-41(48,20-22-44)34-15-17-35(42)18-16-34/h3-18,27,36,38,40,45,48H,19-26H2,1-2H3,(H,43,47)/t27-,36+,38-,40-/m0/s1. The summed E-state index contributed by atoms with van der Waals surface area (Å²) in [5.41, 5.74) is 5.63. The van der Waals surface area contributed by atoms with Crippen LogP contribution in [0.15, 0.2) is 97.1 Å². The second kappa shape index (κ2) is 16.5. The van der Waals surface area contributed by atoms with Crippen LogP contribution in [0.4, 0.5) is 0 Å². The molecule has 2 heterocycles. The van der Waals surface area contributed by atoms with Gasteiger partial charge in [-0.1, -0.05) is 96.5 Å². The van der Waals surface area contributed by atoms with E-state index in [0.717, 1.165) is 52.0 Å². The largest absolute Gasteiger partial charge is 0.453 e. The molecule has 9 nitrogen and oxygen atoms in total. The molecule has 3 N–H and O–H groups in total. The number of halogens is 1. The molecule has 10 heteroatoms. The summed E-state index contributed by atoms with van der Waals surface area (Å²) in [7, 11) is 0. The lowest BCUT2D eigenvalue weighted by molar-refractivity contribution is -0.253. The number of piperidine rings is 1. The van der Waals surface area contributed by atoms with Crippen LogP contribution in [0, 0.1) is 0 Å². The minimum atomic E-state index is -0.884. The smallest absolute Gasteiger partial charge is 0.303 e. The van der Waals surface area contributed by atoms with Gasteiger partial charge in [-0.3, -0.25) is 9.59 Å². The summed E-state index contributed by atoms with van der Waals surface area (Å²) in [6, 6.07) is 31.3. The van der Waals surface area contributed by atoms with E-state index in [1.807, 2.05) is 97.1 Å². The molecule has 6 rings (SSSR count). The monoisotopic (exact) mass is 712 g/mol. The number of rotatable bonds is 11. The van der Waals surface area contributed by atoms with Crippen molar-refractivity contribution >= 4 is 23.5 Å². The molecule has 268 valence electrons. The summed E-state index contributed by atoms with van der Waals surface area (Å²) in [6.45, 7) is 5.26. The first kappa shape index (κ1) is 36.7. The summed E-state index contributed by atoms with van der Waals surface area (Å²) in [5, 5.41) is 24.5. The summed E-state index contributed by atoms with van der Waals surface area (Å²) in [5.74, 6) is -0.866. The minimum absolute atomic E-state index is 0.0211. The highest BCUT2D eigenvalue weighted by atomic mass is 35.5. The van der Waals surface area contributed by atoms with Crippen molar-refractivity contribution in [3.8, 4) is 11.1 Å². The molecule has 0 saturated carbocycles. The number of ether oxygens (including phenoxy) is 3. The molecule has 0 unspecified atom stereocenters. The second-order valence-corrected chi connectivity index (χ2v) is 13.9. The number of nitrogens with one attached hydrogen (secondary N) is 1. The molecule has 2 aliphatic heterocycles. The third-order valence-corrected chi connectivity index (χ3v) is 10.1. The third-order valence-electron chi connectivity index (χ3n) is 9.82. The lowest BCUT2D eigenvalue weighted by Gasteiger charge is -2.42. The van der Waals surface area contributed by atoms with E-state index in [-0.39, 0.29) is 31.3 Å². The predicted molar refractivity (Wildman–Crippen MR) is 194 cm³/mol. The maximum Gasteiger partial charge on any atom is 0.303 e. The van der Waals surface area contributed by atoms with Gasteiger partial charge in [-0.2, -0.15) is 0 Å². The zero-order chi connectivity index (χ0) is 36.0. The Morgan fingerprint density at radius 1 is 0.941 bits per heavy atom. The van der Waals surface area contributed by atoms with Gasteiger partial charge in [-0.25, -0.2) is 0 Å². The molecule has 2 fully saturated rings. The zero-order valence-corrected chi connectivity index (χ0v) is 29.7. The number of hydrogen-bond acceptors (Lipinski definition) is 8. The Balaban J connectivity index is 1.16. The van der Waals surface area contributed by atoms with Crippen LogP contribution in [0.5, 0.6) is 0 Å².